The fraction of sp³-hybridized carbons (Fsp3) is 0.350. The van der Waals surface area contributed by atoms with Gasteiger partial charge in [-0.1, -0.05) is 12.1 Å². The molecule has 1 aliphatic rings. The minimum atomic E-state index is -0.360. The van der Waals surface area contributed by atoms with Gasteiger partial charge in [0.05, 0.1) is 19.3 Å². The van der Waals surface area contributed by atoms with Gasteiger partial charge in [0.1, 0.15) is 23.4 Å². The van der Waals surface area contributed by atoms with E-state index in [0.29, 0.717) is 31.1 Å². The summed E-state index contributed by atoms with van der Waals surface area (Å²) in [7, 11) is 0. The van der Waals surface area contributed by atoms with Gasteiger partial charge in [0, 0.05) is 6.61 Å². The Labute approximate surface area is 156 Å². The molecule has 7 heteroatoms. The van der Waals surface area contributed by atoms with Crippen molar-refractivity contribution in [2.24, 2.45) is 0 Å². The summed E-state index contributed by atoms with van der Waals surface area (Å²) < 4.78 is 29.7. The third kappa shape index (κ3) is 5.67. The van der Waals surface area contributed by atoms with E-state index in [-0.39, 0.29) is 37.1 Å². The first-order chi connectivity index (χ1) is 13.1. The van der Waals surface area contributed by atoms with E-state index >= 15 is 0 Å². The number of halogens is 1. The van der Waals surface area contributed by atoms with Crippen LogP contribution in [0.5, 0.6) is 11.5 Å². The van der Waals surface area contributed by atoms with Crippen LogP contribution in [0.2, 0.25) is 0 Å². The molecular weight excluding hydrogens is 353 g/mol. The highest BCUT2D eigenvalue weighted by Gasteiger charge is 2.29. The Bertz CT molecular complexity index is 735. The van der Waals surface area contributed by atoms with Crippen LogP contribution in [0, 0.1) is 5.82 Å². The van der Waals surface area contributed by atoms with Crippen molar-refractivity contribution in [1.29, 1.82) is 0 Å². The number of rotatable bonds is 7. The van der Waals surface area contributed by atoms with Gasteiger partial charge in [-0.25, -0.2) is 4.39 Å². The number of amides is 1. The third-order valence-electron chi connectivity index (χ3n) is 4.23. The molecule has 6 nitrogen and oxygen atoms in total. The molecular formula is C20H22FNO5. The quantitative estimate of drug-likeness (QED) is 0.775. The summed E-state index contributed by atoms with van der Waals surface area (Å²) in [6.45, 7) is 0.707. The number of benzene rings is 2. The molecule has 0 spiro atoms. The molecule has 0 radical (unpaired) electrons. The molecule has 2 aromatic carbocycles. The van der Waals surface area contributed by atoms with E-state index in [2.05, 4.69) is 5.32 Å². The topological polar surface area (TPSA) is 77.0 Å². The zero-order chi connectivity index (χ0) is 19.1. The Balaban J connectivity index is 1.52. The van der Waals surface area contributed by atoms with Crippen molar-refractivity contribution in [1.82, 2.24) is 5.32 Å². The van der Waals surface area contributed by atoms with Gasteiger partial charge < -0.3 is 24.6 Å². The lowest BCUT2D eigenvalue weighted by Crippen LogP contribution is -2.52. The van der Waals surface area contributed by atoms with Crippen molar-refractivity contribution >= 4 is 5.91 Å². The van der Waals surface area contributed by atoms with E-state index in [1.54, 1.807) is 24.3 Å². The van der Waals surface area contributed by atoms with Gasteiger partial charge in [-0.05, 0) is 48.4 Å². The van der Waals surface area contributed by atoms with Crippen LogP contribution in [-0.2, 0) is 16.1 Å². The highest BCUT2D eigenvalue weighted by Crippen LogP contribution is 2.19. The van der Waals surface area contributed by atoms with Crippen molar-refractivity contribution in [2.45, 2.75) is 25.2 Å². The second-order valence-electron chi connectivity index (χ2n) is 6.24. The fourth-order valence-corrected chi connectivity index (χ4v) is 2.77. The number of ether oxygens (including phenoxy) is 3. The van der Waals surface area contributed by atoms with Crippen molar-refractivity contribution in [3.8, 4) is 11.5 Å². The van der Waals surface area contributed by atoms with Gasteiger partial charge >= 0.3 is 0 Å². The highest BCUT2D eigenvalue weighted by atomic mass is 19.1. The van der Waals surface area contributed by atoms with Crippen molar-refractivity contribution in [3.05, 3.63) is 59.9 Å². The number of carbonyl (C=O) groups is 1. The molecule has 1 fully saturated rings. The largest absolute Gasteiger partial charge is 0.486 e. The Hall–Kier alpha value is -2.64. The molecule has 0 unspecified atom stereocenters. The molecule has 3 rings (SSSR count). The summed E-state index contributed by atoms with van der Waals surface area (Å²) in [6.07, 6.45) is 0.301. The molecule has 2 atom stereocenters. The second-order valence-corrected chi connectivity index (χ2v) is 6.24. The summed E-state index contributed by atoms with van der Waals surface area (Å²) >= 11 is 0. The molecule has 27 heavy (non-hydrogen) atoms. The van der Waals surface area contributed by atoms with Crippen LogP contribution in [0.25, 0.3) is 0 Å². The number of aliphatic hydroxyl groups is 1. The molecule has 0 bridgehead atoms. The van der Waals surface area contributed by atoms with Crippen LogP contribution in [0.3, 0.4) is 0 Å². The zero-order valence-corrected chi connectivity index (χ0v) is 14.8. The molecule has 0 aromatic heterocycles. The minimum absolute atomic E-state index is 0.0282. The van der Waals surface area contributed by atoms with Gasteiger partial charge in [0.25, 0.3) is 5.91 Å². The maximum absolute atomic E-state index is 12.9. The maximum Gasteiger partial charge on any atom is 0.258 e. The van der Waals surface area contributed by atoms with Crippen molar-refractivity contribution in [3.63, 3.8) is 0 Å². The standard InChI is InChI=1S/C20H22FNO5/c21-15-3-7-16(8-4-15)26-13-20(24)22-18-9-10-25-12-19(18)27-17-5-1-14(11-23)2-6-17/h1-8,18-19,23H,9-13H2,(H,22,24)/t18-,19-/m1/s1. The summed E-state index contributed by atoms with van der Waals surface area (Å²) in [5.74, 6) is 0.427. The highest BCUT2D eigenvalue weighted by molar-refractivity contribution is 5.77. The first-order valence-electron chi connectivity index (χ1n) is 8.76. The predicted octanol–water partition coefficient (Wildman–Crippen LogP) is 2.05. The number of carbonyl (C=O) groups excluding carboxylic acids is 1. The normalized spacial score (nSPS) is 19.3. The van der Waals surface area contributed by atoms with Crippen LogP contribution in [0.15, 0.2) is 48.5 Å². The Kier molecular flexibility index (Phi) is 6.62. The van der Waals surface area contributed by atoms with E-state index in [1.807, 2.05) is 0 Å². The molecule has 0 saturated carbocycles. The predicted molar refractivity (Wildman–Crippen MR) is 96.0 cm³/mol. The molecule has 144 valence electrons. The Morgan fingerprint density at radius 2 is 1.85 bits per heavy atom. The SMILES string of the molecule is O=C(COc1ccc(F)cc1)N[C@@H]1CCOC[C@H]1Oc1ccc(CO)cc1. The van der Waals surface area contributed by atoms with Gasteiger partial charge in [0.15, 0.2) is 6.61 Å². The van der Waals surface area contributed by atoms with E-state index in [9.17, 15) is 9.18 Å². The summed E-state index contributed by atoms with van der Waals surface area (Å²) in [4.78, 5) is 12.2. The summed E-state index contributed by atoms with van der Waals surface area (Å²) in [5.41, 5.74) is 0.796. The first kappa shape index (κ1) is 19.1. The number of hydrogen-bond acceptors (Lipinski definition) is 5. The lowest BCUT2D eigenvalue weighted by Gasteiger charge is -2.32. The number of hydrogen-bond donors (Lipinski definition) is 2. The van der Waals surface area contributed by atoms with E-state index in [0.717, 1.165) is 5.56 Å². The smallest absolute Gasteiger partial charge is 0.258 e. The molecule has 1 amide bonds. The molecule has 0 aliphatic carbocycles. The van der Waals surface area contributed by atoms with Gasteiger partial charge in [0.2, 0.25) is 0 Å². The average Bonchev–Trinajstić information content (AvgIpc) is 2.70. The van der Waals surface area contributed by atoms with Crippen molar-refractivity contribution in [2.75, 3.05) is 19.8 Å². The van der Waals surface area contributed by atoms with Crippen LogP contribution >= 0.6 is 0 Å². The molecule has 1 heterocycles. The second kappa shape index (κ2) is 9.34. The molecule has 1 saturated heterocycles. The maximum atomic E-state index is 12.9. The molecule has 2 aromatic rings. The number of nitrogens with one attached hydrogen (secondary N) is 1. The van der Waals surface area contributed by atoms with E-state index in [4.69, 9.17) is 19.3 Å². The average molecular weight is 375 g/mol. The first-order valence-corrected chi connectivity index (χ1v) is 8.76. The number of aliphatic hydroxyl groups excluding tert-OH is 1. The zero-order valence-electron chi connectivity index (χ0n) is 14.8. The monoisotopic (exact) mass is 375 g/mol. The van der Waals surface area contributed by atoms with E-state index < -0.39 is 0 Å². The van der Waals surface area contributed by atoms with Crippen molar-refractivity contribution < 1.29 is 28.5 Å². The summed E-state index contributed by atoms with van der Waals surface area (Å²) in [6, 6.07) is 12.4. The lowest BCUT2D eigenvalue weighted by molar-refractivity contribution is -0.126. The van der Waals surface area contributed by atoms with Crippen LogP contribution in [0.4, 0.5) is 4.39 Å². The van der Waals surface area contributed by atoms with Gasteiger partial charge in [-0.15, -0.1) is 0 Å². The molecule has 1 aliphatic heterocycles. The lowest BCUT2D eigenvalue weighted by atomic mass is 10.1. The van der Waals surface area contributed by atoms with Crippen LogP contribution < -0.4 is 14.8 Å². The summed E-state index contributed by atoms with van der Waals surface area (Å²) in [5, 5.41) is 12.0. The van der Waals surface area contributed by atoms with Gasteiger partial charge in [-0.2, -0.15) is 0 Å². The Morgan fingerprint density at radius 3 is 2.56 bits per heavy atom. The fourth-order valence-electron chi connectivity index (χ4n) is 2.77. The van der Waals surface area contributed by atoms with E-state index in [1.165, 1.54) is 24.3 Å². The minimum Gasteiger partial charge on any atom is -0.486 e. The third-order valence-corrected chi connectivity index (χ3v) is 4.23. The Morgan fingerprint density at radius 1 is 1.15 bits per heavy atom. The van der Waals surface area contributed by atoms with Crippen LogP contribution in [-0.4, -0.2) is 43.0 Å². The van der Waals surface area contributed by atoms with Gasteiger partial charge in [-0.3, -0.25) is 4.79 Å². The van der Waals surface area contributed by atoms with Crippen LogP contribution in [0.1, 0.15) is 12.0 Å². The molecule has 2 N–H and O–H groups in total.